The van der Waals surface area contributed by atoms with Gasteiger partial charge in [0, 0.05) is 6.42 Å². The molecule has 170 valence electrons. The Morgan fingerprint density at radius 1 is 0.818 bits per heavy atom. The average Bonchev–Trinajstić information content (AvgIpc) is 2.88. The van der Waals surface area contributed by atoms with Crippen LogP contribution in [0.3, 0.4) is 0 Å². The molecule has 0 amide bonds. The second kappa shape index (κ2) is 9.46. The molecule has 1 fully saturated rings. The Morgan fingerprint density at radius 3 is 1.85 bits per heavy atom. The van der Waals surface area contributed by atoms with E-state index in [-0.39, 0.29) is 6.42 Å². The molecule has 0 N–H and O–H groups in total. The van der Waals surface area contributed by atoms with E-state index in [4.69, 9.17) is 14.3 Å². The molecular formula is C27H27NO5. The third kappa shape index (κ3) is 4.10. The van der Waals surface area contributed by atoms with Crippen LogP contribution >= 0.6 is 0 Å². The Hall–Kier alpha value is -3.64. The Kier molecular flexibility index (Phi) is 6.47. The lowest BCUT2D eigenvalue weighted by Crippen LogP contribution is -2.56. The molecule has 4 rings (SSSR count). The van der Waals surface area contributed by atoms with Gasteiger partial charge in [0.1, 0.15) is 12.1 Å². The van der Waals surface area contributed by atoms with Crippen LogP contribution in [-0.2, 0) is 23.9 Å². The second-order valence-electron chi connectivity index (χ2n) is 8.14. The van der Waals surface area contributed by atoms with E-state index >= 15 is 0 Å². The molecule has 1 aliphatic rings. The molecule has 2 unspecified atom stereocenters. The minimum atomic E-state index is -1.66. The van der Waals surface area contributed by atoms with E-state index < -0.39 is 29.5 Å². The summed E-state index contributed by atoms with van der Waals surface area (Å²) in [4.78, 5) is 33.5. The number of benzene rings is 3. The Morgan fingerprint density at radius 2 is 1.33 bits per heavy atom. The van der Waals surface area contributed by atoms with Crippen molar-refractivity contribution in [3.05, 3.63) is 102 Å². The van der Waals surface area contributed by atoms with Crippen molar-refractivity contribution in [2.75, 3.05) is 19.3 Å². The minimum absolute atomic E-state index is 0.0677. The number of nitrogens with zero attached hydrogens (tertiary/aromatic N) is 1. The fourth-order valence-corrected chi connectivity index (χ4v) is 4.48. The largest absolute Gasteiger partial charge is 0.468 e. The van der Waals surface area contributed by atoms with Crippen LogP contribution < -0.4 is 5.06 Å². The Labute approximate surface area is 193 Å². The highest BCUT2D eigenvalue weighted by molar-refractivity contribution is 6.02. The molecule has 6 heteroatoms. The zero-order valence-corrected chi connectivity index (χ0v) is 18.9. The predicted molar refractivity (Wildman–Crippen MR) is 124 cm³/mol. The molecule has 0 spiro atoms. The standard InChI is InChI=1S/C27H27NO5/c1-19-14-16-22(17-15-19)28-24(21-12-8-5-9-13-21)27(25(29)31-2,26(30)32-3)18-23(33-28)20-10-6-4-7-11-20/h4-17,23-24H,18H2,1-3H3. The summed E-state index contributed by atoms with van der Waals surface area (Å²) in [6.45, 7) is 2.00. The molecule has 0 aromatic heterocycles. The lowest BCUT2D eigenvalue weighted by molar-refractivity contribution is -0.186. The fraction of sp³-hybridized carbons (Fsp3) is 0.259. The molecule has 3 aromatic rings. The summed E-state index contributed by atoms with van der Waals surface area (Å²) in [6.07, 6.45) is -0.510. The van der Waals surface area contributed by atoms with Gasteiger partial charge < -0.3 is 9.47 Å². The number of esters is 2. The van der Waals surface area contributed by atoms with Gasteiger partial charge in [0.25, 0.3) is 0 Å². The summed E-state index contributed by atoms with van der Waals surface area (Å²) in [5, 5.41) is 1.66. The number of ether oxygens (including phenoxy) is 2. The number of hydrogen-bond donors (Lipinski definition) is 0. The molecule has 0 aliphatic carbocycles. The second-order valence-corrected chi connectivity index (χ2v) is 8.14. The third-order valence-electron chi connectivity index (χ3n) is 6.12. The van der Waals surface area contributed by atoms with Gasteiger partial charge >= 0.3 is 11.9 Å². The van der Waals surface area contributed by atoms with Crippen LogP contribution in [0, 0.1) is 12.3 Å². The SMILES string of the molecule is COC(=O)C1(C(=O)OC)CC(c2ccccc2)ON(c2ccc(C)cc2)C1c1ccccc1. The summed E-state index contributed by atoms with van der Waals surface area (Å²) < 4.78 is 10.5. The molecule has 0 bridgehead atoms. The van der Waals surface area contributed by atoms with Crippen LogP contribution in [0.5, 0.6) is 0 Å². The number of hydrogen-bond acceptors (Lipinski definition) is 6. The summed E-state index contributed by atoms with van der Waals surface area (Å²) in [5.74, 6) is -1.32. The lowest BCUT2D eigenvalue weighted by Gasteiger charge is -2.49. The van der Waals surface area contributed by atoms with Crippen LogP contribution in [0.1, 0.15) is 35.3 Å². The lowest BCUT2D eigenvalue weighted by atomic mass is 9.70. The van der Waals surface area contributed by atoms with Gasteiger partial charge in [-0.05, 0) is 30.2 Å². The first-order chi connectivity index (χ1) is 16.0. The quantitative estimate of drug-likeness (QED) is 0.409. The van der Waals surface area contributed by atoms with Crippen molar-refractivity contribution in [1.29, 1.82) is 0 Å². The predicted octanol–water partition coefficient (Wildman–Crippen LogP) is 4.95. The van der Waals surface area contributed by atoms with Gasteiger partial charge in [-0.1, -0.05) is 78.4 Å². The van der Waals surface area contributed by atoms with E-state index in [1.54, 1.807) is 5.06 Å². The van der Waals surface area contributed by atoms with E-state index in [0.717, 1.165) is 16.7 Å². The topological polar surface area (TPSA) is 65.1 Å². The first-order valence-electron chi connectivity index (χ1n) is 10.8. The van der Waals surface area contributed by atoms with Gasteiger partial charge in [-0.25, -0.2) is 5.06 Å². The first-order valence-corrected chi connectivity index (χ1v) is 10.8. The number of carbonyl (C=O) groups excluding carboxylic acids is 2. The van der Waals surface area contributed by atoms with Crippen molar-refractivity contribution in [3.63, 3.8) is 0 Å². The zero-order chi connectivity index (χ0) is 23.4. The Balaban J connectivity index is 1.97. The highest BCUT2D eigenvalue weighted by Crippen LogP contribution is 2.53. The van der Waals surface area contributed by atoms with Gasteiger partial charge in [0.15, 0.2) is 5.41 Å². The molecule has 1 heterocycles. The fourth-order valence-electron chi connectivity index (χ4n) is 4.48. The van der Waals surface area contributed by atoms with Crippen LogP contribution in [0.2, 0.25) is 0 Å². The number of carbonyl (C=O) groups is 2. The minimum Gasteiger partial charge on any atom is -0.468 e. The van der Waals surface area contributed by atoms with E-state index in [1.165, 1.54) is 14.2 Å². The molecule has 0 saturated carbocycles. The van der Waals surface area contributed by atoms with Crippen LogP contribution in [0.15, 0.2) is 84.9 Å². The zero-order valence-electron chi connectivity index (χ0n) is 18.9. The molecule has 1 saturated heterocycles. The molecule has 6 nitrogen and oxygen atoms in total. The Bertz CT molecular complexity index is 1080. The van der Waals surface area contributed by atoms with Crippen molar-refractivity contribution in [2.45, 2.75) is 25.5 Å². The number of anilines is 1. The molecule has 0 radical (unpaired) electrons. The normalized spacial score (nSPS) is 19.5. The van der Waals surface area contributed by atoms with Gasteiger partial charge in [0.05, 0.1) is 19.9 Å². The number of hydroxylamine groups is 1. The van der Waals surface area contributed by atoms with E-state index in [1.807, 2.05) is 91.9 Å². The van der Waals surface area contributed by atoms with Crippen molar-refractivity contribution in [3.8, 4) is 0 Å². The summed E-state index contributed by atoms with van der Waals surface area (Å²) in [6, 6.07) is 25.9. The van der Waals surface area contributed by atoms with Crippen molar-refractivity contribution in [1.82, 2.24) is 0 Å². The average molecular weight is 446 g/mol. The monoisotopic (exact) mass is 445 g/mol. The van der Waals surface area contributed by atoms with Crippen molar-refractivity contribution < 1.29 is 23.9 Å². The first kappa shape index (κ1) is 22.6. The van der Waals surface area contributed by atoms with Gasteiger partial charge in [-0.2, -0.15) is 0 Å². The van der Waals surface area contributed by atoms with Crippen LogP contribution in [0.25, 0.3) is 0 Å². The maximum absolute atomic E-state index is 13.5. The highest BCUT2D eigenvalue weighted by atomic mass is 16.7. The van der Waals surface area contributed by atoms with E-state index in [2.05, 4.69) is 0 Å². The molecular weight excluding hydrogens is 418 g/mol. The van der Waals surface area contributed by atoms with Gasteiger partial charge in [-0.15, -0.1) is 0 Å². The summed E-state index contributed by atoms with van der Waals surface area (Å²) in [7, 11) is 2.58. The maximum Gasteiger partial charge on any atom is 0.325 e. The maximum atomic E-state index is 13.5. The number of rotatable bonds is 5. The summed E-state index contributed by atoms with van der Waals surface area (Å²) >= 11 is 0. The molecule has 33 heavy (non-hydrogen) atoms. The van der Waals surface area contributed by atoms with Crippen molar-refractivity contribution in [2.24, 2.45) is 5.41 Å². The van der Waals surface area contributed by atoms with Gasteiger partial charge in [-0.3, -0.25) is 14.4 Å². The highest BCUT2D eigenvalue weighted by Gasteiger charge is 2.62. The smallest absolute Gasteiger partial charge is 0.325 e. The third-order valence-corrected chi connectivity index (χ3v) is 6.12. The van der Waals surface area contributed by atoms with E-state index in [0.29, 0.717) is 5.69 Å². The van der Waals surface area contributed by atoms with Crippen LogP contribution in [0.4, 0.5) is 5.69 Å². The number of aryl methyl sites for hydroxylation is 1. The molecule has 1 aliphatic heterocycles. The van der Waals surface area contributed by atoms with Gasteiger partial charge in [0.2, 0.25) is 0 Å². The van der Waals surface area contributed by atoms with E-state index in [9.17, 15) is 9.59 Å². The van der Waals surface area contributed by atoms with Crippen molar-refractivity contribution >= 4 is 17.6 Å². The summed E-state index contributed by atoms with van der Waals surface area (Å²) in [5.41, 5.74) is 1.72. The molecule has 3 aromatic carbocycles. The number of methoxy groups -OCH3 is 2. The van der Waals surface area contributed by atoms with Crippen LogP contribution in [-0.4, -0.2) is 26.2 Å². The molecule has 2 atom stereocenters.